The van der Waals surface area contributed by atoms with Crippen LogP contribution in [0.5, 0.6) is 0 Å². The average molecular weight is 498 g/mol. The fourth-order valence-corrected chi connectivity index (χ4v) is 5.41. The molecule has 0 bridgehead atoms. The Labute approximate surface area is 207 Å². The first kappa shape index (κ1) is 26.4. The van der Waals surface area contributed by atoms with E-state index in [0.717, 1.165) is 5.56 Å². The highest BCUT2D eigenvalue weighted by atomic mass is 32.2. The molecule has 35 heavy (non-hydrogen) atoms. The number of rotatable bonds is 7. The van der Waals surface area contributed by atoms with Crippen LogP contribution >= 0.6 is 0 Å². The SMILES string of the molecule is CC(C)(C)c1ccc(S(=O)(=O)N2CCC(C(=O)OCC(=O)N(CC#N)c3ccccc3)CC2)cc1. The summed E-state index contributed by atoms with van der Waals surface area (Å²) in [4.78, 5) is 26.6. The van der Waals surface area contributed by atoms with Crippen molar-refractivity contribution in [2.24, 2.45) is 5.92 Å². The molecule has 1 heterocycles. The van der Waals surface area contributed by atoms with E-state index in [2.05, 4.69) is 20.8 Å². The van der Waals surface area contributed by atoms with Gasteiger partial charge in [-0.15, -0.1) is 0 Å². The zero-order valence-corrected chi connectivity index (χ0v) is 21.1. The zero-order valence-electron chi connectivity index (χ0n) is 20.3. The molecule has 1 fully saturated rings. The Bertz CT molecular complexity index is 1170. The van der Waals surface area contributed by atoms with Gasteiger partial charge in [-0.1, -0.05) is 51.1 Å². The second kappa shape index (κ2) is 11.0. The number of ether oxygens (including phenoxy) is 1. The van der Waals surface area contributed by atoms with E-state index in [1.807, 2.05) is 18.2 Å². The molecule has 0 radical (unpaired) electrons. The predicted octanol–water partition coefficient (Wildman–Crippen LogP) is 3.48. The minimum atomic E-state index is -3.66. The highest BCUT2D eigenvalue weighted by Gasteiger charge is 2.33. The number of hydrogen-bond acceptors (Lipinski definition) is 6. The third-order valence-corrected chi connectivity index (χ3v) is 7.99. The maximum atomic E-state index is 13.0. The number of piperidine rings is 1. The topological polar surface area (TPSA) is 108 Å². The molecule has 186 valence electrons. The quantitative estimate of drug-likeness (QED) is 0.428. The first-order chi connectivity index (χ1) is 16.5. The van der Waals surface area contributed by atoms with Gasteiger partial charge in [0, 0.05) is 18.8 Å². The average Bonchev–Trinajstić information content (AvgIpc) is 2.85. The number of benzene rings is 2. The zero-order chi connectivity index (χ0) is 25.6. The molecule has 8 nitrogen and oxygen atoms in total. The van der Waals surface area contributed by atoms with Gasteiger partial charge in [0.1, 0.15) is 6.54 Å². The lowest BCUT2D eigenvalue weighted by molar-refractivity contribution is -0.153. The van der Waals surface area contributed by atoms with Gasteiger partial charge in [-0.2, -0.15) is 9.57 Å². The molecule has 0 N–H and O–H groups in total. The number of carbonyl (C=O) groups is 2. The number of para-hydroxylation sites is 1. The Kier molecular flexibility index (Phi) is 8.30. The Morgan fingerprint density at radius 3 is 2.20 bits per heavy atom. The van der Waals surface area contributed by atoms with Gasteiger partial charge in [-0.25, -0.2) is 8.42 Å². The van der Waals surface area contributed by atoms with Gasteiger partial charge in [0.25, 0.3) is 5.91 Å². The number of nitriles is 1. The van der Waals surface area contributed by atoms with Crippen LogP contribution in [-0.2, 0) is 29.8 Å². The lowest BCUT2D eigenvalue weighted by Crippen LogP contribution is -2.41. The van der Waals surface area contributed by atoms with Gasteiger partial charge in [0.05, 0.1) is 16.9 Å². The number of sulfonamides is 1. The summed E-state index contributed by atoms with van der Waals surface area (Å²) in [5, 5.41) is 9.04. The molecule has 1 aliphatic heterocycles. The molecule has 0 aromatic heterocycles. The fraction of sp³-hybridized carbons (Fsp3) is 0.423. The summed E-state index contributed by atoms with van der Waals surface area (Å²) < 4.78 is 32.7. The minimum absolute atomic E-state index is 0.0743. The van der Waals surface area contributed by atoms with Crippen LogP contribution in [0.3, 0.4) is 0 Å². The van der Waals surface area contributed by atoms with Crippen LogP contribution in [0.25, 0.3) is 0 Å². The number of esters is 1. The second-order valence-corrected chi connectivity index (χ2v) is 11.5. The van der Waals surface area contributed by atoms with E-state index in [1.165, 1.54) is 9.21 Å². The number of nitrogens with zero attached hydrogens (tertiary/aromatic N) is 3. The van der Waals surface area contributed by atoms with Crippen LogP contribution in [0.15, 0.2) is 59.5 Å². The Balaban J connectivity index is 1.55. The van der Waals surface area contributed by atoms with Crippen LogP contribution in [0.4, 0.5) is 5.69 Å². The largest absolute Gasteiger partial charge is 0.455 e. The monoisotopic (exact) mass is 497 g/mol. The number of amides is 1. The number of anilines is 1. The Morgan fingerprint density at radius 1 is 1.06 bits per heavy atom. The highest BCUT2D eigenvalue weighted by molar-refractivity contribution is 7.89. The predicted molar refractivity (Wildman–Crippen MR) is 132 cm³/mol. The fourth-order valence-electron chi connectivity index (χ4n) is 3.94. The molecular weight excluding hydrogens is 466 g/mol. The van der Waals surface area contributed by atoms with E-state index in [0.29, 0.717) is 18.5 Å². The van der Waals surface area contributed by atoms with Crippen LogP contribution in [0.1, 0.15) is 39.2 Å². The number of carbonyl (C=O) groups excluding carboxylic acids is 2. The van der Waals surface area contributed by atoms with Crippen molar-refractivity contribution >= 4 is 27.6 Å². The summed E-state index contributed by atoms with van der Waals surface area (Å²) in [6.45, 7) is 5.95. The van der Waals surface area contributed by atoms with Gasteiger partial charge >= 0.3 is 5.97 Å². The molecule has 0 saturated carbocycles. The summed E-state index contributed by atoms with van der Waals surface area (Å²) in [7, 11) is -3.66. The van der Waals surface area contributed by atoms with E-state index in [-0.39, 0.29) is 29.9 Å². The molecule has 3 rings (SSSR count). The van der Waals surface area contributed by atoms with E-state index >= 15 is 0 Å². The lowest BCUT2D eigenvalue weighted by atomic mass is 9.87. The van der Waals surface area contributed by atoms with Crippen LogP contribution < -0.4 is 4.90 Å². The standard InChI is InChI=1S/C26H31N3O5S/c1-26(2,3)21-9-11-23(12-10-21)35(32,33)28-16-13-20(14-17-28)25(31)34-19-24(30)29(18-15-27)22-7-5-4-6-8-22/h4-12,20H,13-14,16-19H2,1-3H3. The molecule has 1 saturated heterocycles. The summed E-state index contributed by atoms with van der Waals surface area (Å²) in [5.74, 6) is -1.52. The summed E-state index contributed by atoms with van der Waals surface area (Å²) in [5.41, 5.74) is 1.52. The van der Waals surface area contributed by atoms with Gasteiger partial charge in [0.2, 0.25) is 10.0 Å². The van der Waals surface area contributed by atoms with Crippen molar-refractivity contribution in [3.8, 4) is 6.07 Å². The molecule has 0 aliphatic carbocycles. The van der Waals surface area contributed by atoms with Crippen molar-refractivity contribution in [3.05, 3.63) is 60.2 Å². The first-order valence-electron chi connectivity index (χ1n) is 11.5. The van der Waals surface area contributed by atoms with Crippen molar-refractivity contribution in [2.45, 2.75) is 43.9 Å². The molecule has 9 heteroatoms. The van der Waals surface area contributed by atoms with Crippen molar-refractivity contribution < 1.29 is 22.7 Å². The van der Waals surface area contributed by atoms with Crippen molar-refractivity contribution in [1.29, 1.82) is 5.26 Å². The van der Waals surface area contributed by atoms with Crippen molar-refractivity contribution in [2.75, 3.05) is 31.1 Å². The van der Waals surface area contributed by atoms with Crippen LogP contribution in [-0.4, -0.2) is 50.8 Å². The van der Waals surface area contributed by atoms with E-state index in [4.69, 9.17) is 10.00 Å². The third-order valence-electron chi connectivity index (χ3n) is 6.08. The van der Waals surface area contributed by atoms with Crippen LogP contribution in [0, 0.1) is 17.2 Å². The van der Waals surface area contributed by atoms with Crippen LogP contribution in [0.2, 0.25) is 0 Å². The summed E-state index contributed by atoms with van der Waals surface area (Å²) >= 11 is 0. The van der Waals surface area contributed by atoms with Crippen molar-refractivity contribution in [1.82, 2.24) is 4.31 Å². The van der Waals surface area contributed by atoms with Gasteiger partial charge < -0.3 is 4.74 Å². The molecule has 0 unspecified atom stereocenters. The molecule has 0 spiro atoms. The molecule has 0 atom stereocenters. The van der Waals surface area contributed by atoms with E-state index in [9.17, 15) is 18.0 Å². The Hall–Kier alpha value is -3.22. The molecule has 1 aliphatic rings. The van der Waals surface area contributed by atoms with Gasteiger partial charge in [0.15, 0.2) is 6.61 Å². The Morgan fingerprint density at radius 2 is 1.66 bits per heavy atom. The smallest absolute Gasteiger partial charge is 0.309 e. The van der Waals surface area contributed by atoms with Gasteiger partial charge in [-0.3, -0.25) is 14.5 Å². The summed E-state index contributed by atoms with van der Waals surface area (Å²) in [6.07, 6.45) is 0.625. The first-order valence-corrected chi connectivity index (χ1v) is 13.0. The number of hydrogen-bond donors (Lipinski definition) is 0. The molecular formula is C26H31N3O5S. The third kappa shape index (κ3) is 6.47. The second-order valence-electron chi connectivity index (χ2n) is 9.53. The normalized spacial score (nSPS) is 15.3. The maximum absolute atomic E-state index is 13.0. The van der Waals surface area contributed by atoms with E-state index in [1.54, 1.807) is 42.5 Å². The highest BCUT2D eigenvalue weighted by Crippen LogP contribution is 2.27. The van der Waals surface area contributed by atoms with Gasteiger partial charge in [-0.05, 0) is 48.1 Å². The molecule has 2 aromatic carbocycles. The minimum Gasteiger partial charge on any atom is -0.455 e. The van der Waals surface area contributed by atoms with E-state index < -0.39 is 34.4 Å². The molecule has 2 aromatic rings. The lowest BCUT2D eigenvalue weighted by Gasteiger charge is -2.30. The summed E-state index contributed by atoms with van der Waals surface area (Å²) in [6, 6.07) is 17.6. The molecule has 1 amide bonds. The maximum Gasteiger partial charge on any atom is 0.309 e. The van der Waals surface area contributed by atoms with Crippen molar-refractivity contribution in [3.63, 3.8) is 0 Å².